The van der Waals surface area contributed by atoms with E-state index in [0.29, 0.717) is 24.7 Å². The predicted octanol–water partition coefficient (Wildman–Crippen LogP) is 2.10. The van der Waals surface area contributed by atoms with Crippen molar-refractivity contribution in [3.05, 3.63) is 23.3 Å². The molecule has 7 heteroatoms. The van der Waals surface area contributed by atoms with Gasteiger partial charge in [-0.2, -0.15) is 0 Å². The van der Waals surface area contributed by atoms with Crippen LogP contribution in [0.1, 0.15) is 29.6 Å². The van der Waals surface area contributed by atoms with Crippen LogP contribution in [0.25, 0.3) is 10.3 Å². The lowest BCUT2D eigenvalue weighted by Gasteiger charge is -2.47. The Bertz CT molecular complexity index is 693. The van der Waals surface area contributed by atoms with Crippen molar-refractivity contribution >= 4 is 27.6 Å². The molecule has 1 amide bonds. The zero-order valence-corrected chi connectivity index (χ0v) is 13.8. The molecule has 0 N–H and O–H groups in total. The molecule has 122 valence electrons. The van der Waals surface area contributed by atoms with Crippen LogP contribution in [0, 0.1) is 0 Å². The Morgan fingerprint density at radius 1 is 1.52 bits per heavy atom. The minimum absolute atomic E-state index is 0.00176. The van der Waals surface area contributed by atoms with Crippen molar-refractivity contribution in [1.29, 1.82) is 0 Å². The van der Waals surface area contributed by atoms with E-state index < -0.39 is 0 Å². The summed E-state index contributed by atoms with van der Waals surface area (Å²) in [5, 5.41) is 0.500. The van der Waals surface area contributed by atoms with Crippen LogP contribution in [-0.2, 0) is 9.47 Å². The van der Waals surface area contributed by atoms with Crippen LogP contribution in [0.5, 0.6) is 0 Å². The molecule has 2 aliphatic heterocycles. The number of morpholine rings is 1. The highest BCUT2D eigenvalue weighted by Gasteiger charge is 2.43. The van der Waals surface area contributed by atoms with Crippen molar-refractivity contribution in [1.82, 2.24) is 14.9 Å². The zero-order valence-electron chi connectivity index (χ0n) is 13.0. The van der Waals surface area contributed by atoms with Gasteiger partial charge in [-0.05, 0) is 31.9 Å². The van der Waals surface area contributed by atoms with Gasteiger partial charge in [0.15, 0.2) is 5.01 Å². The lowest BCUT2D eigenvalue weighted by molar-refractivity contribution is -0.188. The number of carbonyl (C=O) groups is 1. The fraction of sp³-hybridized carbons (Fsp3) is 0.562. The number of amides is 1. The summed E-state index contributed by atoms with van der Waals surface area (Å²) in [7, 11) is 0. The first-order valence-electron chi connectivity index (χ1n) is 7.92. The lowest BCUT2D eigenvalue weighted by Crippen LogP contribution is -2.59. The van der Waals surface area contributed by atoms with Gasteiger partial charge in [-0.3, -0.25) is 4.79 Å². The van der Waals surface area contributed by atoms with Crippen molar-refractivity contribution in [2.24, 2.45) is 0 Å². The van der Waals surface area contributed by atoms with Crippen molar-refractivity contribution in [2.75, 3.05) is 26.3 Å². The van der Waals surface area contributed by atoms with Crippen molar-refractivity contribution in [2.45, 2.75) is 31.5 Å². The van der Waals surface area contributed by atoms with E-state index >= 15 is 0 Å². The van der Waals surface area contributed by atoms with Gasteiger partial charge in [-0.15, -0.1) is 0 Å². The first kappa shape index (κ1) is 15.0. The SMILES string of the molecule is CC1CN(C(=O)c2nc3cccnc3s2)CC2(CCCOC2)O1. The third-order valence-electron chi connectivity index (χ3n) is 4.33. The van der Waals surface area contributed by atoms with Gasteiger partial charge in [0.1, 0.15) is 15.9 Å². The highest BCUT2D eigenvalue weighted by atomic mass is 32.1. The molecule has 2 fully saturated rings. The Kier molecular flexibility index (Phi) is 3.79. The Balaban J connectivity index is 1.59. The molecule has 2 aromatic heterocycles. The van der Waals surface area contributed by atoms with Gasteiger partial charge in [0.2, 0.25) is 0 Å². The molecule has 0 bridgehead atoms. The van der Waals surface area contributed by atoms with Crippen LogP contribution in [0.2, 0.25) is 0 Å². The van der Waals surface area contributed by atoms with Crippen LogP contribution in [0.15, 0.2) is 18.3 Å². The number of fused-ring (bicyclic) bond motifs is 1. The summed E-state index contributed by atoms with van der Waals surface area (Å²) in [6, 6.07) is 3.72. The number of nitrogens with zero attached hydrogens (tertiary/aromatic N) is 3. The van der Waals surface area contributed by atoms with Crippen LogP contribution in [-0.4, -0.2) is 58.8 Å². The Labute approximate surface area is 138 Å². The van der Waals surface area contributed by atoms with Crippen LogP contribution in [0.4, 0.5) is 0 Å². The number of pyridine rings is 1. The molecular formula is C16H19N3O3S. The third kappa shape index (κ3) is 2.84. The van der Waals surface area contributed by atoms with Crippen LogP contribution in [0.3, 0.4) is 0 Å². The van der Waals surface area contributed by atoms with E-state index in [-0.39, 0.29) is 17.6 Å². The quantitative estimate of drug-likeness (QED) is 0.800. The molecule has 0 saturated carbocycles. The van der Waals surface area contributed by atoms with Gasteiger partial charge in [0, 0.05) is 19.3 Å². The van der Waals surface area contributed by atoms with E-state index in [4.69, 9.17) is 9.47 Å². The molecule has 23 heavy (non-hydrogen) atoms. The normalized spacial score (nSPS) is 28.4. The topological polar surface area (TPSA) is 64.6 Å². The summed E-state index contributed by atoms with van der Waals surface area (Å²) in [5.41, 5.74) is 0.415. The average Bonchev–Trinajstić information content (AvgIpc) is 2.98. The van der Waals surface area contributed by atoms with Gasteiger partial charge in [0.05, 0.1) is 19.3 Å². The highest BCUT2D eigenvalue weighted by molar-refractivity contribution is 7.19. The molecule has 2 unspecified atom stereocenters. The second-order valence-electron chi connectivity index (χ2n) is 6.30. The molecule has 2 aliphatic rings. The molecule has 4 heterocycles. The molecule has 0 radical (unpaired) electrons. The number of carbonyl (C=O) groups excluding carboxylic acids is 1. The van der Waals surface area contributed by atoms with Gasteiger partial charge in [-0.25, -0.2) is 9.97 Å². The summed E-state index contributed by atoms with van der Waals surface area (Å²) < 4.78 is 11.7. The lowest BCUT2D eigenvalue weighted by atomic mass is 9.93. The first-order valence-corrected chi connectivity index (χ1v) is 8.73. The van der Waals surface area contributed by atoms with Gasteiger partial charge < -0.3 is 14.4 Å². The maximum atomic E-state index is 12.9. The fourth-order valence-corrected chi connectivity index (χ4v) is 4.30. The number of rotatable bonds is 1. The summed E-state index contributed by atoms with van der Waals surface area (Å²) >= 11 is 1.35. The van der Waals surface area contributed by atoms with Gasteiger partial charge >= 0.3 is 0 Å². The number of thiazole rings is 1. The summed E-state index contributed by atoms with van der Waals surface area (Å²) in [6.45, 7) is 4.50. The van der Waals surface area contributed by atoms with Crippen LogP contribution >= 0.6 is 11.3 Å². The van der Waals surface area contributed by atoms with E-state index in [0.717, 1.165) is 29.8 Å². The Morgan fingerprint density at radius 3 is 3.22 bits per heavy atom. The van der Waals surface area contributed by atoms with Crippen molar-refractivity contribution < 1.29 is 14.3 Å². The van der Waals surface area contributed by atoms with E-state index in [2.05, 4.69) is 9.97 Å². The molecular weight excluding hydrogens is 314 g/mol. The molecule has 2 aromatic rings. The largest absolute Gasteiger partial charge is 0.378 e. The Morgan fingerprint density at radius 2 is 2.43 bits per heavy atom. The second-order valence-corrected chi connectivity index (χ2v) is 7.28. The summed E-state index contributed by atoms with van der Waals surface area (Å²) in [5.74, 6) is -0.0342. The average molecular weight is 333 g/mol. The maximum absolute atomic E-state index is 12.9. The van der Waals surface area contributed by atoms with E-state index in [1.807, 2.05) is 24.0 Å². The minimum Gasteiger partial charge on any atom is -0.378 e. The fourth-order valence-electron chi connectivity index (χ4n) is 3.42. The second kappa shape index (κ2) is 5.81. The monoisotopic (exact) mass is 333 g/mol. The smallest absolute Gasteiger partial charge is 0.283 e. The molecule has 0 aromatic carbocycles. The number of aromatic nitrogens is 2. The minimum atomic E-state index is -0.361. The first-order chi connectivity index (χ1) is 11.2. The molecule has 2 atom stereocenters. The molecule has 4 rings (SSSR count). The van der Waals surface area contributed by atoms with Crippen LogP contribution < -0.4 is 0 Å². The summed E-state index contributed by atoms with van der Waals surface area (Å²) in [6.07, 6.45) is 3.63. The molecule has 0 aliphatic carbocycles. The third-order valence-corrected chi connectivity index (χ3v) is 5.30. The van der Waals surface area contributed by atoms with E-state index in [9.17, 15) is 4.79 Å². The zero-order chi connectivity index (χ0) is 15.9. The number of hydrogen-bond acceptors (Lipinski definition) is 6. The van der Waals surface area contributed by atoms with Gasteiger partial charge in [-0.1, -0.05) is 11.3 Å². The van der Waals surface area contributed by atoms with Crippen molar-refractivity contribution in [3.63, 3.8) is 0 Å². The molecule has 1 spiro atoms. The van der Waals surface area contributed by atoms with E-state index in [1.165, 1.54) is 11.3 Å². The number of hydrogen-bond donors (Lipinski definition) is 0. The standard InChI is InChI=1S/C16H19N3O3S/c1-11-8-19(9-16(22-11)5-3-7-21-10-16)15(20)14-18-12-4-2-6-17-13(12)23-14/h2,4,6,11H,3,5,7-10H2,1H3. The summed E-state index contributed by atoms with van der Waals surface area (Å²) in [4.78, 5) is 24.3. The van der Waals surface area contributed by atoms with Crippen molar-refractivity contribution in [3.8, 4) is 0 Å². The molecule has 6 nitrogen and oxygen atoms in total. The maximum Gasteiger partial charge on any atom is 0.283 e. The van der Waals surface area contributed by atoms with Gasteiger partial charge in [0.25, 0.3) is 5.91 Å². The number of ether oxygens (including phenoxy) is 2. The predicted molar refractivity (Wildman–Crippen MR) is 86.6 cm³/mol. The molecule has 2 saturated heterocycles. The van der Waals surface area contributed by atoms with E-state index in [1.54, 1.807) is 6.20 Å². The Hall–Kier alpha value is -1.57. The highest BCUT2D eigenvalue weighted by Crippen LogP contribution is 2.31.